The van der Waals surface area contributed by atoms with E-state index in [1.165, 1.54) is 16.9 Å². The molecule has 1 aliphatic rings. The van der Waals surface area contributed by atoms with Crippen LogP contribution in [0.2, 0.25) is 0 Å². The number of thiophene rings is 1. The number of nitrogens with zero attached hydrogens (tertiary/aromatic N) is 3. The Balaban J connectivity index is 1.30. The average Bonchev–Trinajstić information content (AvgIpc) is 3.37. The van der Waals surface area contributed by atoms with Gasteiger partial charge in [0.15, 0.2) is 0 Å². The van der Waals surface area contributed by atoms with Crippen LogP contribution >= 0.6 is 11.3 Å². The first-order valence-corrected chi connectivity index (χ1v) is 10.6. The van der Waals surface area contributed by atoms with E-state index in [0.717, 1.165) is 49.6 Å². The highest BCUT2D eigenvalue weighted by molar-refractivity contribution is 7.12. The van der Waals surface area contributed by atoms with Crippen molar-refractivity contribution in [1.82, 2.24) is 19.7 Å². The molecular weight excluding hydrogens is 372 g/mol. The highest BCUT2D eigenvalue weighted by Crippen LogP contribution is 2.23. The summed E-state index contributed by atoms with van der Waals surface area (Å²) in [4.78, 5) is 26.6. The summed E-state index contributed by atoms with van der Waals surface area (Å²) in [5.41, 5.74) is 1.02. The third-order valence-corrected chi connectivity index (χ3v) is 6.23. The fraction of sp³-hybridized carbons (Fsp3) is 0.381. The number of aryl methyl sites for hydroxylation is 1. The fourth-order valence-electron chi connectivity index (χ4n) is 3.79. The molecule has 2 aromatic heterocycles. The second-order valence-electron chi connectivity index (χ2n) is 7.25. The van der Waals surface area contributed by atoms with E-state index >= 15 is 0 Å². The van der Waals surface area contributed by atoms with Crippen molar-refractivity contribution in [3.8, 4) is 5.00 Å². The number of piperidine rings is 1. The summed E-state index contributed by atoms with van der Waals surface area (Å²) < 4.78 is 1.67. The van der Waals surface area contributed by atoms with E-state index in [1.807, 2.05) is 40.6 Å². The quantitative estimate of drug-likeness (QED) is 0.696. The molecule has 3 heterocycles. The van der Waals surface area contributed by atoms with Gasteiger partial charge >= 0.3 is 5.69 Å². The molecule has 1 aromatic carbocycles. The standard InChI is InChI=1S/C21H24N4O2S/c26-19(9-8-16-5-2-1-3-6-16)24-12-10-17(11-13-24)15-18-22-23-21(27)25(18)20-7-4-14-28-20/h1-7,14,17H,8-13,15H2,(H,23,27). The third-order valence-electron chi connectivity index (χ3n) is 5.38. The van der Waals surface area contributed by atoms with E-state index in [-0.39, 0.29) is 11.6 Å². The zero-order chi connectivity index (χ0) is 19.3. The lowest BCUT2D eigenvalue weighted by Gasteiger charge is -2.32. The maximum Gasteiger partial charge on any atom is 0.348 e. The van der Waals surface area contributed by atoms with E-state index in [4.69, 9.17) is 0 Å². The monoisotopic (exact) mass is 396 g/mol. The van der Waals surface area contributed by atoms with Crippen molar-refractivity contribution in [1.29, 1.82) is 0 Å². The molecule has 0 atom stereocenters. The Morgan fingerprint density at radius 3 is 2.64 bits per heavy atom. The van der Waals surface area contributed by atoms with Gasteiger partial charge in [-0.3, -0.25) is 4.79 Å². The van der Waals surface area contributed by atoms with Gasteiger partial charge in [0.1, 0.15) is 10.8 Å². The molecule has 6 nitrogen and oxygen atoms in total. The van der Waals surface area contributed by atoms with Crippen molar-refractivity contribution in [2.75, 3.05) is 13.1 Å². The van der Waals surface area contributed by atoms with Gasteiger partial charge in [-0.05, 0) is 48.3 Å². The average molecular weight is 397 g/mol. The topological polar surface area (TPSA) is 71.0 Å². The first-order valence-electron chi connectivity index (χ1n) is 9.72. The van der Waals surface area contributed by atoms with Crippen LogP contribution in [0.5, 0.6) is 0 Å². The molecule has 28 heavy (non-hydrogen) atoms. The Morgan fingerprint density at radius 1 is 1.14 bits per heavy atom. The van der Waals surface area contributed by atoms with Crippen LogP contribution in [0.25, 0.3) is 5.00 Å². The summed E-state index contributed by atoms with van der Waals surface area (Å²) in [6, 6.07) is 14.0. The number of H-pyrrole nitrogens is 1. The van der Waals surface area contributed by atoms with Crippen LogP contribution in [-0.2, 0) is 17.6 Å². The largest absolute Gasteiger partial charge is 0.348 e. The lowest BCUT2D eigenvalue weighted by molar-refractivity contribution is -0.132. The molecule has 1 saturated heterocycles. The van der Waals surface area contributed by atoms with Gasteiger partial charge in [-0.15, -0.1) is 11.3 Å². The molecule has 1 N–H and O–H groups in total. The lowest BCUT2D eigenvalue weighted by atomic mass is 9.93. The normalized spacial score (nSPS) is 15.1. The summed E-state index contributed by atoms with van der Waals surface area (Å²) in [5, 5.41) is 9.66. The highest BCUT2D eigenvalue weighted by atomic mass is 32.1. The van der Waals surface area contributed by atoms with Crippen molar-refractivity contribution < 1.29 is 4.79 Å². The van der Waals surface area contributed by atoms with Gasteiger partial charge in [-0.25, -0.2) is 14.5 Å². The molecule has 0 radical (unpaired) electrons. The van der Waals surface area contributed by atoms with Crippen LogP contribution in [0.15, 0.2) is 52.6 Å². The first kappa shape index (κ1) is 18.7. The minimum Gasteiger partial charge on any atom is -0.343 e. The molecule has 0 saturated carbocycles. The van der Waals surface area contributed by atoms with Crippen molar-refractivity contribution in [2.24, 2.45) is 5.92 Å². The summed E-state index contributed by atoms with van der Waals surface area (Å²) in [6.07, 6.45) is 4.00. The van der Waals surface area contributed by atoms with Crippen molar-refractivity contribution in [3.63, 3.8) is 0 Å². The molecule has 3 aromatic rings. The number of hydrogen-bond acceptors (Lipinski definition) is 4. The SMILES string of the molecule is O=C(CCc1ccccc1)N1CCC(Cc2n[nH]c(=O)n2-c2cccs2)CC1. The van der Waals surface area contributed by atoms with Crippen LogP contribution < -0.4 is 5.69 Å². The van der Waals surface area contributed by atoms with Gasteiger partial charge in [0, 0.05) is 25.9 Å². The summed E-state index contributed by atoms with van der Waals surface area (Å²) >= 11 is 1.53. The number of amides is 1. The third kappa shape index (κ3) is 4.25. The Labute approximate surface area is 167 Å². The molecule has 0 spiro atoms. The second-order valence-corrected chi connectivity index (χ2v) is 8.17. The van der Waals surface area contributed by atoms with Gasteiger partial charge in [0.25, 0.3) is 0 Å². The van der Waals surface area contributed by atoms with E-state index in [0.29, 0.717) is 12.3 Å². The predicted octanol–water partition coefficient (Wildman–Crippen LogP) is 3.04. The number of nitrogens with one attached hydrogen (secondary N) is 1. The van der Waals surface area contributed by atoms with Gasteiger partial charge in [0.2, 0.25) is 5.91 Å². The van der Waals surface area contributed by atoms with Crippen LogP contribution in [-0.4, -0.2) is 38.7 Å². The zero-order valence-corrected chi connectivity index (χ0v) is 16.5. The summed E-state index contributed by atoms with van der Waals surface area (Å²) in [7, 11) is 0. The van der Waals surface area contributed by atoms with Crippen LogP contribution in [0.3, 0.4) is 0 Å². The second kappa shape index (κ2) is 8.56. The van der Waals surface area contributed by atoms with Gasteiger partial charge in [0.05, 0.1) is 0 Å². The minimum absolute atomic E-state index is 0.189. The number of benzene rings is 1. The van der Waals surface area contributed by atoms with Gasteiger partial charge < -0.3 is 4.90 Å². The number of aromatic amines is 1. The molecule has 146 valence electrons. The number of carbonyl (C=O) groups is 1. The smallest absolute Gasteiger partial charge is 0.343 e. The predicted molar refractivity (Wildman–Crippen MR) is 110 cm³/mol. The Morgan fingerprint density at radius 2 is 1.93 bits per heavy atom. The number of rotatable bonds is 6. The summed E-state index contributed by atoms with van der Waals surface area (Å²) in [5.74, 6) is 1.45. The molecule has 1 fully saturated rings. The minimum atomic E-state index is -0.189. The van der Waals surface area contributed by atoms with Crippen LogP contribution in [0.4, 0.5) is 0 Å². The number of hydrogen-bond donors (Lipinski definition) is 1. The Kier molecular flexibility index (Phi) is 5.71. The molecular formula is C21H24N4O2S. The number of likely N-dealkylation sites (tertiary alicyclic amines) is 1. The highest BCUT2D eigenvalue weighted by Gasteiger charge is 2.24. The zero-order valence-electron chi connectivity index (χ0n) is 15.7. The first-order chi connectivity index (χ1) is 13.7. The lowest BCUT2D eigenvalue weighted by Crippen LogP contribution is -2.39. The van der Waals surface area contributed by atoms with E-state index in [1.54, 1.807) is 4.57 Å². The van der Waals surface area contributed by atoms with Gasteiger partial charge in [-0.1, -0.05) is 30.3 Å². The van der Waals surface area contributed by atoms with Crippen LogP contribution in [0, 0.1) is 5.92 Å². The molecule has 7 heteroatoms. The van der Waals surface area contributed by atoms with Crippen molar-refractivity contribution in [3.05, 3.63) is 69.7 Å². The molecule has 0 bridgehead atoms. The Bertz CT molecular complexity index is 954. The van der Waals surface area contributed by atoms with Crippen molar-refractivity contribution in [2.45, 2.75) is 32.1 Å². The molecule has 1 amide bonds. The molecule has 0 unspecified atom stereocenters. The van der Waals surface area contributed by atoms with Crippen molar-refractivity contribution >= 4 is 17.2 Å². The van der Waals surface area contributed by atoms with E-state index in [2.05, 4.69) is 22.3 Å². The molecule has 1 aliphatic heterocycles. The fourth-order valence-corrected chi connectivity index (χ4v) is 4.54. The molecule has 4 rings (SSSR count). The summed E-state index contributed by atoms with van der Waals surface area (Å²) in [6.45, 7) is 1.57. The maximum atomic E-state index is 12.5. The molecule has 0 aliphatic carbocycles. The van der Waals surface area contributed by atoms with Gasteiger partial charge in [-0.2, -0.15) is 5.10 Å². The van der Waals surface area contributed by atoms with Crippen LogP contribution in [0.1, 0.15) is 30.7 Å². The number of carbonyl (C=O) groups excluding carboxylic acids is 1. The maximum absolute atomic E-state index is 12.5. The van der Waals surface area contributed by atoms with E-state index < -0.39 is 0 Å². The Hall–Kier alpha value is -2.67. The van der Waals surface area contributed by atoms with E-state index in [9.17, 15) is 9.59 Å². The number of aromatic nitrogens is 3.